The second-order valence-corrected chi connectivity index (χ2v) is 21.2. The van der Waals surface area contributed by atoms with Crippen LogP contribution < -0.4 is 9.30 Å². The number of ether oxygens (including phenoxy) is 1. The van der Waals surface area contributed by atoms with Crippen molar-refractivity contribution in [3.63, 3.8) is 0 Å². The molecule has 0 fully saturated rings. The number of imidazole rings is 1. The van der Waals surface area contributed by atoms with Crippen molar-refractivity contribution in [1.29, 1.82) is 0 Å². The minimum atomic E-state index is -2.78. The summed E-state index contributed by atoms with van der Waals surface area (Å²) in [6.45, 7) is 7.34. The van der Waals surface area contributed by atoms with Gasteiger partial charge in [0.25, 0.3) is 6.33 Å². The summed E-state index contributed by atoms with van der Waals surface area (Å²) < 4.78 is 111. The quantitative estimate of drug-likeness (QED) is 0.123. The fourth-order valence-electron chi connectivity index (χ4n) is 10.8. The van der Waals surface area contributed by atoms with Crippen LogP contribution in [-0.4, -0.2) is 14.1 Å². The number of benzene rings is 9. The molecule has 374 valence electrons. The van der Waals surface area contributed by atoms with Gasteiger partial charge in [-0.3, -0.25) is 4.57 Å². The molecule has 12 aromatic rings. The number of rotatable bonds is 6. The van der Waals surface area contributed by atoms with Crippen LogP contribution in [0.3, 0.4) is 0 Å². The van der Waals surface area contributed by atoms with E-state index in [1.54, 1.807) is 24.3 Å². The van der Waals surface area contributed by atoms with Gasteiger partial charge in [0.1, 0.15) is 5.82 Å². The van der Waals surface area contributed by atoms with Crippen LogP contribution in [0.2, 0.25) is 0 Å². The molecular formula is C70H56N4OPt-2. The first kappa shape index (κ1) is 37.6. The van der Waals surface area contributed by atoms with Crippen molar-refractivity contribution in [2.24, 2.45) is 0 Å². The van der Waals surface area contributed by atoms with E-state index in [4.69, 9.17) is 22.1 Å². The minimum Gasteiger partial charge on any atom is -0.510 e. The number of aromatic nitrogens is 4. The maximum Gasteiger partial charge on any atom is 0.268 e. The zero-order valence-corrected chi connectivity index (χ0v) is 44.9. The maximum absolute atomic E-state index is 9.33. The van der Waals surface area contributed by atoms with E-state index in [9.17, 15) is 2.74 Å². The third-order valence-corrected chi connectivity index (χ3v) is 14.4. The molecule has 0 aliphatic carbocycles. The van der Waals surface area contributed by atoms with Crippen molar-refractivity contribution in [2.75, 3.05) is 0 Å². The fraction of sp³-hybridized carbons (Fsp3) is 0.143. The number of hydrogen-bond acceptors (Lipinski definition) is 2. The van der Waals surface area contributed by atoms with Crippen molar-refractivity contribution in [1.82, 2.24) is 14.1 Å². The molecule has 4 heterocycles. The molecule has 1 aliphatic rings. The molecule has 0 unspecified atom stereocenters. The van der Waals surface area contributed by atoms with E-state index in [0.717, 1.165) is 49.9 Å². The first-order valence-electron chi connectivity index (χ1n) is 30.5. The molecule has 13 rings (SSSR count). The summed E-state index contributed by atoms with van der Waals surface area (Å²) in [5.74, 6) is 1.57. The van der Waals surface area contributed by atoms with Gasteiger partial charge in [-0.15, -0.1) is 29.7 Å². The largest absolute Gasteiger partial charge is 0.510 e. The van der Waals surface area contributed by atoms with Gasteiger partial charge in [-0.2, -0.15) is 18.2 Å². The molecule has 0 amide bonds. The second-order valence-electron chi connectivity index (χ2n) is 21.2. The van der Waals surface area contributed by atoms with Gasteiger partial charge in [-0.05, 0) is 138 Å². The van der Waals surface area contributed by atoms with Gasteiger partial charge in [-0.1, -0.05) is 180 Å². The zero-order chi connectivity index (χ0) is 60.7. The summed E-state index contributed by atoms with van der Waals surface area (Å²) in [7, 11) is 0. The Morgan fingerprint density at radius 2 is 1.22 bits per heavy atom. The Morgan fingerprint density at radius 3 is 2.00 bits per heavy atom. The zero-order valence-electron chi connectivity index (χ0n) is 53.6. The smallest absolute Gasteiger partial charge is 0.268 e. The Bertz CT molecular complexity index is 4750. The van der Waals surface area contributed by atoms with Crippen molar-refractivity contribution >= 4 is 32.8 Å². The molecule has 0 radical (unpaired) electrons. The number of aryl methyl sites for hydroxylation is 2. The summed E-state index contributed by atoms with van der Waals surface area (Å²) in [5.41, 5.74) is 9.47. The molecule has 76 heavy (non-hydrogen) atoms. The Morgan fingerprint density at radius 1 is 0.553 bits per heavy atom. The number of pyridine rings is 1. The van der Waals surface area contributed by atoms with E-state index < -0.39 is 37.2 Å². The number of fused-ring (bicyclic) bond motifs is 10. The SMILES string of the molecule is [2H]c1c([2H])c([2H])c(-c2cccc3c2-c2ccccc2-c2cc(C(C)(C)C)cc4c2[n+]([c-]n4-c2[c-]c(Oc4[c-]c5c(cc4)c4ccccc4n5-c4cc(C(C)(C)C)ccn4)ccc2)-c2c-3cccc2-c2c(C([2H])([2H])[2H])cccc2C([2H])([2H])[2H])c([2H])c1[2H].[Pt]. The summed E-state index contributed by atoms with van der Waals surface area (Å²) in [5, 5.41) is 2.02. The predicted octanol–water partition coefficient (Wildman–Crippen LogP) is 17.4. The van der Waals surface area contributed by atoms with E-state index in [1.165, 1.54) is 18.2 Å². The van der Waals surface area contributed by atoms with Crippen LogP contribution in [0.1, 0.15) is 78.9 Å². The molecule has 0 saturated carbocycles. The van der Waals surface area contributed by atoms with Crippen molar-refractivity contribution in [3.05, 3.63) is 235 Å². The molecule has 1 aliphatic heterocycles. The van der Waals surface area contributed by atoms with Gasteiger partial charge in [0, 0.05) is 52.5 Å². The van der Waals surface area contributed by atoms with Gasteiger partial charge < -0.3 is 13.9 Å². The molecule has 0 saturated heterocycles. The molecule has 0 bridgehead atoms. The number of hydrogen-bond donors (Lipinski definition) is 0. The average Bonchev–Trinajstić information content (AvgIpc) is 1.44. The van der Waals surface area contributed by atoms with E-state index >= 15 is 0 Å². The van der Waals surface area contributed by atoms with Crippen LogP contribution in [-0.2, 0) is 31.9 Å². The summed E-state index contributed by atoms with van der Waals surface area (Å²) in [6, 6.07) is 54.0. The maximum atomic E-state index is 9.33. The van der Waals surface area contributed by atoms with E-state index in [-0.39, 0.29) is 66.4 Å². The Hall–Kier alpha value is -8.11. The third kappa shape index (κ3) is 8.12. The Labute approximate surface area is 475 Å². The van der Waals surface area contributed by atoms with Crippen LogP contribution in [0.4, 0.5) is 0 Å². The Balaban J connectivity index is 0.00000739. The van der Waals surface area contributed by atoms with Gasteiger partial charge in [0.05, 0.1) is 23.6 Å². The molecule has 0 spiro atoms. The van der Waals surface area contributed by atoms with Gasteiger partial charge in [0.15, 0.2) is 0 Å². The summed E-state index contributed by atoms with van der Waals surface area (Å²) >= 11 is 0. The second kappa shape index (κ2) is 18.6. The fourth-order valence-corrected chi connectivity index (χ4v) is 10.8. The van der Waals surface area contributed by atoms with Crippen LogP contribution in [0.15, 0.2) is 194 Å². The average molecular weight is 1180 g/mol. The predicted molar refractivity (Wildman–Crippen MR) is 308 cm³/mol. The molecule has 6 heteroatoms. The van der Waals surface area contributed by atoms with Crippen LogP contribution in [0, 0.1) is 32.2 Å². The van der Waals surface area contributed by atoms with E-state index in [0.29, 0.717) is 61.7 Å². The van der Waals surface area contributed by atoms with E-state index in [1.807, 2.05) is 100 Å². The normalized spacial score (nSPS) is 14.5. The first-order valence-corrected chi connectivity index (χ1v) is 25.0. The van der Waals surface area contributed by atoms with Crippen molar-refractivity contribution in [2.45, 2.75) is 66.1 Å². The summed E-state index contributed by atoms with van der Waals surface area (Å²) in [6.07, 6.45) is 5.58. The summed E-state index contributed by atoms with van der Waals surface area (Å²) in [4.78, 5) is 4.86. The number of nitrogens with zero attached hydrogens (tertiary/aromatic N) is 4. The molecule has 5 nitrogen and oxygen atoms in total. The van der Waals surface area contributed by atoms with Gasteiger partial charge in [0.2, 0.25) is 0 Å². The van der Waals surface area contributed by atoms with Crippen LogP contribution >= 0.6 is 0 Å². The van der Waals surface area contributed by atoms with Gasteiger partial charge in [-0.25, -0.2) is 4.98 Å². The first-order chi connectivity index (χ1) is 40.8. The molecule has 3 aromatic heterocycles. The van der Waals surface area contributed by atoms with Crippen LogP contribution in [0.5, 0.6) is 11.5 Å². The van der Waals surface area contributed by atoms with Crippen molar-refractivity contribution in [3.8, 4) is 84.3 Å². The molecular weight excluding hydrogens is 1110 g/mol. The van der Waals surface area contributed by atoms with Crippen molar-refractivity contribution < 1.29 is 45.4 Å². The van der Waals surface area contributed by atoms with Crippen LogP contribution in [0.25, 0.3) is 106 Å². The minimum absolute atomic E-state index is 0. The topological polar surface area (TPSA) is 35.9 Å². The molecule has 9 aromatic carbocycles. The monoisotopic (exact) mass is 1170 g/mol. The molecule has 0 N–H and O–H groups in total. The standard InChI is InChI=1S/C70H56N4O.Pt/c1-44-20-16-21-45(2)65(44)59-32-19-31-58-57-30-18-29-52(46-22-10-9-11-23-46)66(57)56-28-13-12-26-53(56)60-38-48(70(6,7)8)39-63-68(60)73(67(58)59)43-72(63)49-24-17-25-50(41-49)75-51-34-35-55-54-27-14-15-33-61(54)74(62(55)42-51)64-40-47(36-37-71-64)69(3,4)5;/h9-40H,1-8H3;/q-2;/i1D3,2D3,9D,10D,11D,22D,23D;. The molecule has 0 atom stereocenters. The van der Waals surface area contributed by atoms with Gasteiger partial charge >= 0.3 is 0 Å². The Kier molecular flexibility index (Phi) is 9.21. The number of para-hydroxylation sites is 2. The van der Waals surface area contributed by atoms with E-state index in [2.05, 4.69) is 94.9 Å². The third-order valence-electron chi connectivity index (χ3n) is 14.4.